The summed E-state index contributed by atoms with van der Waals surface area (Å²) in [5.74, 6) is 1.28. The molecule has 0 spiro atoms. The van der Waals surface area contributed by atoms with Crippen LogP contribution in [0.2, 0.25) is 0 Å². The van der Waals surface area contributed by atoms with Crippen LogP contribution in [0.25, 0.3) is 21.9 Å². The van der Waals surface area contributed by atoms with Crippen LogP contribution in [0, 0.1) is 11.3 Å². The molecule has 0 radical (unpaired) electrons. The molecule has 1 aliphatic rings. The van der Waals surface area contributed by atoms with Gasteiger partial charge < -0.3 is 14.5 Å². The van der Waals surface area contributed by atoms with E-state index in [0.717, 1.165) is 39.6 Å². The third-order valence-corrected chi connectivity index (χ3v) is 5.90. The van der Waals surface area contributed by atoms with E-state index in [9.17, 15) is 5.26 Å². The second kappa shape index (κ2) is 6.49. The molecule has 2 heterocycles. The van der Waals surface area contributed by atoms with Gasteiger partial charge in [-0.15, -0.1) is 0 Å². The second-order valence-corrected chi connectivity index (χ2v) is 7.40. The van der Waals surface area contributed by atoms with Gasteiger partial charge in [0.25, 0.3) is 0 Å². The fourth-order valence-corrected chi connectivity index (χ4v) is 4.42. The van der Waals surface area contributed by atoms with Gasteiger partial charge in [0, 0.05) is 29.7 Å². The highest BCUT2D eigenvalue weighted by atomic mass is 16.5. The number of hydrogen-bond acceptors (Lipinski definition) is 6. The lowest BCUT2D eigenvalue weighted by atomic mass is 9.68. The zero-order valence-corrected chi connectivity index (χ0v) is 16.3. The molecular formula is C23H20N4O2. The summed E-state index contributed by atoms with van der Waals surface area (Å²) in [4.78, 5) is 8.95. The molecule has 2 aromatic carbocycles. The molecule has 6 nitrogen and oxygen atoms in total. The summed E-state index contributed by atoms with van der Waals surface area (Å²) >= 11 is 0. The smallest absolute Gasteiger partial charge is 0.222 e. The van der Waals surface area contributed by atoms with Crippen molar-refractivity contribution in [1.82, 2.24) is 9.97 Å². The van der Waals surface area contributed by atoms with Crippen LogP contribution in [0.4, 0.5) is 5.95 Å². The number of nitrogens with one attached hydrogen (secondary N) is 1. The van der Waals surface area contributed by atoms with Crippen LogP contribution in [0.1, 0.15) is 23.2 Å². The molecule has 6 heteroatoms. The molecule has 1 N–H and O–H groups in total. The summed E-state index contributed by atoms with van der Waals surface area (Å²) in [7, 11) is 3.44. The third kappa shape index (κ3) is 2.54. The van der Waals surface area contributed by atoms with Gasteiger partial charge in [-0.2, -0.15) is 5.26 Å². The van der Waals surface area contributed by atoms with Gasteiger partial charge in [-0.05, 0) is 42.5 Å². The number of aromatic nitrogens is 2. The zero-order valence-electron chi connectivity index (χ0n) is 16.3. The van der Waals surface area contributed by atoms with E-state index < -0.39 is 5.41 Å². The standard InChI is InChI=1S/C23H20N4O2/c1-25-22-26-12-14-11-23(13-24,10-9-17(14)27-22)16-7-8-19(28-2)21-20(16)15-5-3-4-6-18(15)29-21/h3-8,12H,9-11H2,1-2H3,(H,25,26,27). The Morgan fingerprint density at radius 1 is 1.24 bits per heavy atom. The minimum Gasteiger partial charge on any atom is -0.493 e. The highest BCUT2D eigenvalue weighted by molar-refractivity contribution is 6.09. The maximum atomic E-state index is 10.4. The van der Waals surface area contributed by atoms with Crippen LogP contribution in [-0.4, -0.2) is 24.1 Å². The molecule has 0 aliphatic heterocycles. The number of furan rings is 1. The Balaban J connectivity index is 1.74. The third-order valence-electron chi connectivity index (χ3n) is 5.90. The SMILES string of the molecule is CNc1ncc2c(n1)CCC(C#N)(c1ccc(OC)c3oc4ccccc4c13)C2. The lowest BCUT2D eigenvalue weighted by Gasteiger charge is -2.32. The molecule has 144 valence electrons. The number of anilines is 1. The predicted molar refractivity (Wildman–Crippen MR) is 111 cm³/mol. The molecule has 0 saturated heterocycles. The van der Waals surface area contributed by atoms with E-state index in [2.05, 4.69) is 21.4 Å². The Bertz CT molecular complexity index is 1290. The van der Waals surface area contributed by atoms with Crippen molar-refractivity contribution in [3.63, 3.8) is 0 Å². The van der Waals surface area contributed by atoms with E-state index in [0.29, 0.717) is 30.1 Å². The topological polar surface area (TPSA) is 84.0 Å². The van der Waals surface area contributed by atoms with E-state index in [1.807, 2.05) is 49.6 Å². The number of nitrogens with zero attached hydrogens (tertiary/aromatic N) is 3. The normalized spacial score (nSPS) is 18.4. The largest absolute Gasteiger partial charge is 0.493 e. The maximum Gasteiger partial charge on any atom is 0.222 e. The van der Waals surface area contributed by atoms with Crippen molar-refractivity contribution in [1.29, 1.82) is 5.26 Å². The average molecular weight is 384 g/mol. The van der Waals surface area contributed by atoms with Crippen LogP contribution in [0.15, 0.2) is 47.0 Å². The Labute approximate surface area is 168 Å². The first-order valence-electron chi connectivity index (χ1n) is 9.61. The predicted octanol–water partition coefficient (Wildman–Crippen LogP) is 4.38. The van der Waals surface area contributed by atoms with Crippen molar-refractivity contribution in [2.45, 2.75) is 24.7 Å². The van der Waals surface area contributed by atoms with Crippen molar-refractivity contribution in [3.8, 4) is 11.8 Å². The Hall–Kier alpha value is -3.59. The van der Waals surface area contributed by atoms with E-state index in [1.54, 1.807) is 7.11 Å². The monoisotopic (exact) mass is 384 g/mol. The number of ether oxygens (including phenoxy) is 1. The number of nitriles is 1. The lowest BCUT2D eigenvalue weighted by molar-refractivity contribution is 0.411. The summed E-state index contributed by atoms with van der Waals surface area (Å²) in [6, 6.07) is 14.5. The van der Waals surface area contributed by atoms with Gasteiger partial charge in [0.05, 0.1) is 18.6 Å². The molecule has 1 unspecified atom stereocenters. The molecule has 0 saturated carbocycles. The van der Waals surface area contributed by atoms with Gasteiger partial charge in [0.1, 0.15) is 5.58 Å². The minimum atomic E-state index is -0.672. The summed E-state index contributed by atoms with van der Waals surface area (Å²) in [6.45, 7) is 0. The molecule has 5 rings (SSSR count). The first-order chi connectivity index (χ1) is 14.2. The highest BCUT2D eigenvalue weighted by Gasteiger charge is 2.39. The lowest BCUT2D eigenvalue weighted by Crippen LogP contribution is -2.33. The first-order valence-corrected chi connectivity index (χ1v) is 9.61. The molecule has 4 aromatic rings. The molecule has 0 amide bonds. The number of para-hydroxylation sites is 1. The zero-order chi connectivity index (χ0) is 20.0. The molecular weight excluding hydrogens is 364 g/mol. The molecule has 1 atom stereocenters. The Morgan fingerprint density at radius 3 is 2.90 bits per heavy atom. The van der Waals surface area contributed by atoms with Gasteiger partial charge in [0.2, 0.25) is 5.95 Å². The summed E-state index contributed by atoms with van der Waals surface area (Å²) < 4.78 is 11.7. The maximum absolute atomic E-state index is 10.4. The van der Waals surface area contributed by atoms with Crippen LogP contribution in [0.3, 0.4) is 0 Å². The van der Waals surface area contributed by atoms with E-state index in [1.165, 1.54) is 0 Å². The van der Waals surface area contributed by atoms with E-state index in [-0.39, 0.29) is 0 Å². The van der Waals surface area contributed by atoms with Crippen molar-refractivity contribution in [2.24, 2.45) is 0 Å². The molecule has 2 aromatic heterocycles. The van der Waals surface area contributed by atoms with Crippen LogP contribution in [0.5, 0.6) is 5.75 Å². The molecule has 29 heavy (non-hydrogen) atoms. The fraction of sp³-hybridized carbons (Fsp3) is 0.261. The van der Waals surface area contributed by atoms with Gasteiger partial charge in [0.15, 0.2) is 11.3 Å². The summed E-state index contributed by atoms with van der Waals surface area (Å²) in [6.07, 6.45) is 3.83. The Morgan fingerprint density at radius 2 is 2.10 bits per heavy atom. The quantitative estimate of drug-likeness (QED) is 0.564. The fourth-order valence-electron chi connectivity index (χ4n) is 4.42. The van der Waals surface area contributed by atoms with Crippen LogP contribution >= 0.6 is 0 Å². The number of rotatable bonds is 3. The number of benzene rings is 2. The van der Waals surface area contributed by atoms with Crippen molar-refractivity contribution < 1.29 is 9.15 Å². The number of hydrogen-bond donors (Lipinski definition) is 1. The van der Waals surface area contributed by atoms with Crippen molar-refractivity contribution in [3.05, 3.63) is 59.4 Å². The number of fused-ring (bicyclic) bond motifs is 4. The first kappa shape index (κ1) is 17.5. The average Bonchev–Trinajstić information content (AvgIpc) is 3.17. The van der Waals surface area contributed by atoms with E-state index in [4.69, 9.17) is 9.15 Å². The summed E-state index contributed by atoms with van der Waals surface area (Å²) in [5.41, 5.74) is 3.82. The highest BCUT2D eigenvalue weighted by Crippen LogP contribution is 2.45. The molecule has 1 aliphatic carbocycles. The Kier molecular flexibility index (Phi) is 3.92. The van der Waals surface area contributed by atoms with Gasteiger partial charge in [-0.25, -0.2) is 9.97 Å². The number of methoxy groups -OCH3 is 1. The molecule has 0 bridgehead atoms. The van der Waals surface area contributed by atoms with Crippen LogP contribution in [-0.2, 0) is 18.3 Å². The number of aryl methyl sites for hydroxylation is 1. The van der Waals surface area contributed by atoms with E-state index >= 15 is 0 Å². The van der Waals surface area contributed by atoms with Crippen LogP contribution < -0.4 is 10.1 Å². The minimum absolute atomic E-state index is 0.573. The summed E-state index contributed by atoms with van der Waals surface area (Å²) in [5, 5.41) is 15.3. The van der Waals surface area contributed by atoms with Crippen molar-refractivity contribution in [2.75, 3.05) is 19.5 Å². The van der Waals surface area contributed by atoms with Gasteiger partial charge in [-0.1, -0.05) is 24.3 Å². The molecule has 0 fully saturated rings. The van der Waals surface area contributed by atoms with Crippen molar-refractivity contribution >= 4 is 27.9 Å². The second-order valence-electron chi connectivity index (χ2n) is 7.40. The van der Waals surface area contributed by atoms with Gasteiger partial charge >= 0.3 is 0 Å². The van der Waals surface area contributed by atoms with Gasteiger partial charge in [-0.3, -0.25) is 0 Å².